The van der Waals surface area contributed by atoms with E-state index in [0.717, 1.165) is 11.5 Å². The number of hydrogen-bond donors (Lipinski definition) is 1. The van der Waals surface area contributed by atoms with Crippen molar-refractivity contribution >= 4 is 27.4 Å². The molecule has 1 saturated heterocycles. The number of carbonyl (C=O) groups is 1. The van der Waals surface area contributed by atoms with Gasteiger partial charge in [-0.3, -0.25) is 4.79 Å². The Morgan fingerprint density at radius 1 is 1.57 bits per heavy atom. The molecule has 0 radical (unpaired) electrons. The average Bonchev–Trinajstić information content (AvgIpc) is 3.17. The molecule has 1 unspecified atom stereocenters. The van der Waals surface area contributed by atoms with E-state index in [1.54, 1.807) is 17.4 Å². The number of rotatable bonds is 3. The molecule has 0 bridgehead atoms. The number of nitrogens with one attached hydrogen (secondary N) is 1. The first-order chi connectivity index (χ1) is 10.3. The highest BCUT2D eigenvalue weighted by molar-refractivity contribution is 7.19. The number of nitrogens with zero attached hydrogens (tertiary/aromatic N) is 4. The zero-order valence-electron chi connectivity index (χ0n) is 11.4. The molecule has 0 saturated carbocycles. The topological polar surface area (TPSA) is 81.5 Å². The van der Waals surface area contributed by atoms with Gasteiger partial charge >= 0.3 is 0 Å². The third kappa shape index (κ3) is 3.08. The fourth-order valence-electron chi connectivity index (χ4n) is 2.32. The molecule has 1 aromatic rings. The largest absolute Gasteiger partial charge is 0.498 e. The molecule has 0 spiro atoms. The molecule has 3 heterocycles. The lowest BCUT2D eigenvalue weighted by Gasteiger charge is -2.20. The number of likely N-dealkylation sites (tertiary alicyclic amines) is 1. The van der Waals surface area contributed by atoms with Gasteiger partial charge in [0, 0.05) is 19.3 Å². The summed E-state index contributed by atoms with van der Waals surface area (Å²) in [5, 5.41) is 13.2. The molecular weight excluding hydrogens is 290 g/mol. The maximum absolute atomic E-state index is 12.1. The minimum Gasteiger partial charge on any atom is -0.498 e. The van der Waals surface area contributed by atoms with Crippen LogP contribution < -0.4 is 10.2 Å². The van der Waals surface area contributed by atoms with E-state index >= 15 is 0 Å². The molecule has 0 aliphatic carbocycles. The SMILES string of the molecule is N#CN1CCC(C(=O)Nc2ncc(N3C=COCC3)s2)C1. The van der Waals surface area contributed by atoms with Gasteiger partial charge in [0.1, 0.15) is 11.6 Å². The predicted octanol–water partition coefficient (Wildman–Crippen LogP) is 1.19. The van der Waals surface area contributed by atoms with Gasteiger partial charge in [0.2, 0.25) is 5.91 Å². The Morgan fingerprint density at radius 2 is 2.48 bits per heavy atom. The summed E-state index contributed by atoms with van der Waals surface area (Å²) in [7, 11) is 0. The molecule has 1 fully saturated rings. The van der Waals surface area contributed by atoms with Crippen LogP contribution in [0.3, 0.4) is 0 Å². The van der Waals surface area contributed by atoms with Gasteiger partial charge in [0.05, 0.1) is 24.9 Å². The van der Waals surface area contributed by atoms with Crippen LogP contribution in [-0.2, 0) is 9.53 Å². The Kier molecular flexibility index (Phi) is 3.92. The second-order valence-corrected chi connectivity index (χ2v) is 5.88. The van der Waals surface area contributed by atoms with E-state index in [1.807, 2.05) is 11.1 Å². The van der Waals surface area contributed by atoms with Crippen molar-refractivity contribution < 1.29 is 9.53 Å². The maximum Gasteiger partial charge on any atom is 0.231 e. The van der Waals surface area contributed by atoms with E-state index in [0.29, 0.717) is 31.2 Å². The molecule has 1 amide bonds. The highest BCUT2D eigenvalue weighted by Crippen LogP contribution is 2.29. The van der Waals surface area contributed by atoms with Crippen LogP contribution in [-0.4, -0.2) is 42.0 Å². The Bertz CT molecular complexity index is 594. The van der Waals surface area contributed by atoms with Crippen molar-refractivity contribution in [1.82, 2.24) is 9.88 Å². The van der Waals surface area contributed by atoms with Crippen molar-refractivity contribution in [2.75, 3.05) is 36.5 Å². The zero-order chi connectivity index (χ0) is 14.7. The first-order valence-electron chi connectivity index (χ1n) is 6.72. The van der Waals surface area contributed by atoms with E-state index < -0.39 is 0 Å². The molecule has 2 aliphatic heterocycles. The Hall–Kier alpha value is -2.27. The molecule has 1 aromatic heterocycles. The van der Waals surface area contributed by atoms with Gasteiger partial charge in [0.15, 0.2) is 11.3 Å². The van der Waals surface area contributed by atoms with Crippen LogP contribution >= 0.6 is 11.3 Å². The molecule has 3 rings (SSSR count). The first kappa shape index (κ1) is 13.7. The Morgan fingerprint density at radius 3 is 3.19 bits per heavy atom. The highest BCUT2D eigenvalue weighted by Gasteiger charge is 2.28. The highest BCUT2D eigenvalue weighted by atomic mass is 32.1. The van der Waals surface area contributed by atoms with Crippen LogP contribution in [0.25, 0.3) is 0 Å². The third-order valence-electron chi connectivity index (χ3n) is 3.49. The van der Waals surface area contributed by atoms with Gasteiger partial charge in [-0.25, -0.2) is 4.98 Å². The standard InChI is InChI=1S/C13H15N5O2S/c14-9-17-2-1-10(8-17)12(19)16-13-15-7-11(21-13)18-3-5-20-6-4-18/h3,5,7,10H,1-2,4,6,8H2,(H,15,16,19). The van der Waals surface area contributed by atoms with Crippen LogP contribution in [0.5, 0.6) is 0 Å². The van der Waals surface area contributed by atoms with Crippen LogP contribution in [0.2, 0.25) is 0 Å². The lowest BCUT2D eigenvalue weighted by atomic mass is 10.1. The summed E-state index contributed by atoms with van der Waals surface area (Å²) in [5.41, 5.74) is 0. The third-order valence-corrected chi connectivity index (χ3v) is 4.44. The zero-order valence-corrected chi connectivity index (χ0v) is 12.2. The summed E-state index contributed by atoms with van der Waals surface area (Å²) in [6.07, 6.45) is 8.03. The monoisotopic (exact) mass is 305 g/mol. The number of anilines is 2. The van der Waals surface area contributed by atoms with E-state index in [1.165, 1.54) is 11.3 Å². The van der Waals surface area contributed by atoms with E-state index in [4.69, 9.17) is 10.00 Å². The van der Waals surface area contributed by atoms with E-state index in [-0.39, 0.29) is 11.8 Å². The summed E-state index contributed by atoms with van der Waals surface area (Å²) in [6.45, 7) is 2.55. The number of carbonyl (C=O) groups excluding carboxylic acids is 1. The van der Waals surface area contributed by atoms with Crippen molar-refractivity contribution in [1.29, 1.82) is 5.26 Å². The Labute approximate surface area is 126 Å². The number of amides is 1. The Balaban J connectivity index is 1.59. The minimum absolute atomic E-state index is 0.0637. The van der Waals surface area contributed by atoms with Crippen LogP contribution in [0.15, 0.2) is 18.7 Å². The fourth-order valence-corrected chi connectivity index (χ4v) is 3.15. The quantitative estimate of drug-likeness (QED) is 0.845. The summed E-state index contributed by atoms with van der Waals surface area (Å²) in [6, 6.07) is 0. The van der Waals surface area contributed by atoms with Crippen molar-refractivity contribution in [2.45, 2.75) is 6.42 Å². The molecule has 0 aromatic carbocycles. The number of ether oxygens (including phenoxy) is 1. The molecule has 2 aliphatic rings. The average molecular weight is 305 g/mol. The van der Waals surface area contributed by atoms with Crippen molar-refractivity contribution in [2.24, 2.45) is 5.92 Å². The van der Waals surface area contributed by atoms with Crippen molar-refractivity contribution in [3.63, 3.8) is 0 Å². The van der Waals surface area contributed by atoms with Gasteiger partial charge in [-0.2, -0.15) is 5.26 Å². The minimum atomic E-state index is -0.139. The summed E-state index contributed by atoms with van der Waals surface area (Å²) < 4.78 is 5.14. The van der Waals surface area contributed by atoms with Gasteiger partial charge in [-0.05, 0) is 6.42 Å². The summed E-state index contributed by atoms with van der Waals surface area (Å²) >= 11 is 1.43. The van der Waals surface area contributed by atoms with Crippen LogP contribution in [0.4, 0.5) is 10.1 Å². The second kappa shape index (κ2) is 6.01. The summed E-state index contributed by atoms with van der Waals surface area (Å²) in [4.78, 5) is 20.0. The second-order valence-electron chi connectivity index (χ2n) is 4.87. The number of nitriles is 1. The first-order valence-corrected chi connectivity index (χ1v) is 7.54. The molecular formula is C13H15N5O2S. The van der Waals surface area contributed by atoms with Crippen molar-refractivity contribution in [3.8, 4) is 6.19 Å². The lowest BCUT2D eigenvalue weighted by Crippen LogP contribution is -2.25. The molecule has 1 N–H and O–H groups in total. The molecule has 7 nitrogen and oxygen atoms in total. The van der Waals surface area contributed by atoms with Crippen molar-refractivity contribution in [3.05, 3.63) is 18.7 Å². The normalized spacial score (nSPS) is 21.0. The predicted molar refractivity (Wildman–Crippen MR) is 78.5 cm³/mol. The van der Waals surface area contributed by atoms with E-state index in [2.05, 4.69) is 16.5 Å². The lowest BCUT2D eigenvalue weighted by molar-refractivity contribution is -0.119. The molecule has 1 atom stereocenters. The smallest absolute Gasteiger partial charge is 0.231 e. The number of thiazole rings is 1. The fraction of sp³-hybridized carbons (Fsp3) is 0.462. The van der Waals surface area contributed by atoms with Crippen LogP contribution in [0.1, 0.15) is 6.42 Å². The van der Waals surface area contributed by atoms with Crippen LogP contribution in [0, 0.1) is 17.4 Å². The maximum atomic E-state index is 12.1. The van der Waals surface area contributed by atoms with Gasteiger partial charge in [-0.15, -0.1) is 0 Å². The van der Waals surface area contributed by atoms with Gasteiger partial charge in [-0.1, -0.05) is 11.3 Å². The van der Waals surface area contributed by atoms with Gasteiger partial charge < -0.3 is 19.9 Å². The summed E-state index contributed by atoms with van der Waals surface area (Å²) in [5.74, 6) is -0.202. The molecule has 110 valence electrons. The number of hydrogen-bond acceptors (Lipinski definition) is 7. The van der Waals surface area contributed by atoms with E-state index in [9.17, 15) is 4.79 Å². The van der Waals surface area contributed by atoms with Gasteiger partial charge in [0.25, 0.3) is 0 Å². The molecule has 8 heteroatoms. The number of aromatic nitrogens is 1. The molecule has 21 heavy (non-hydrogen) atoms.